The first-order chi connectivity index (χ1) is 10.8. The van der Waals surface area contributed by atoms with Crippen molar-refractivity contribution in [3.8, 4) is 16.3 Å². The number of thiazole rings is 1. The van der Waals surface area contributed by atoms with Crippen LogP contribution in [-0.2, 0) is 0 Å². The van der Waals surface area contributed by atoms with E-state index in [9.17, 15) is 5.11 Å². The molecule has 6 rings (SSSR count). The van der Waals surface area contributed by atoms with Gasteiger partial charge in [0.15, 0.2) is 5.58 Å². The zero-order valence-electron chi connectivity index (χ0n) is 11.7. The summed E-state index contributed by atoms with van der Waals surface area (Å²) in [6.45, 7) is 1.84. The molecular weight excluding hydrogens is 300 g/mol. The van der Waals surface area contributed by atoms with Gasteiger partial charge >= 0.3 is 0 Å². The van der Waals surface area contributed by atoms with Crippen LogP contribution in [-0.4, -0.2) is 40.2 Å². The Morgan fingerprint density at radius 1 is 1.32 bits per heavy atom. The van der Waals surface area contributed by atoms with Crippen LogP contribution >= 0.6 is 11.3 Å². The van der Waals surface area contributed by atoms with E-state index >= 15 is 0 Å². The van der Waals surface area contributed by atoms with Crippen LogP contribution in [0.15, 0.2) is 28.1 Å². The molecule has 7 heteroatoms. The fourth-order valence-corrected chi connectivity index (χ4v) is 3.98. The van der Waals surface area contributed by atoms with E-state index in [1.165, 1.54) is 17.8 Å². The second kappa shape index (κ2) is 4.44. The number of anilines is 1. The molecule has 3 aromatic rings. The fourth-order valence-electron chi connectivity index (χ4n) is 3.33. The maximum absolute atomic E-state index is 9.95. The molecule has 1 aromatic carbocycles. The first-order valence-corrected chi connectivity index (χ1v) is 8.18. The molecule has 0 saturated carbocycles. The number of aromatic nitrogens is 2. The van der Waals surface area contributed by atoms with Gasteiger partial charge in [0.1, 0.15) is 16.3 Å². The van der Waals surface area contributed by atoms with Crippen molar-refractivity contribution < 1.29 is 9.52 Å². The summed E-state index contributed by atoms with van der Waals surface area (Å²) in [7, 11) is 0. The standard InChI is InChI=1S/C15H14N4O2S/c20-10-4-11(14-16-1-2-22-14)13-12(5-10)18-15(21-13)19-6-8-3-9(7-19)17-8/h1-2,4-5,8-9,17,20H,3,6-7H2. The van der Waals surface area contributed by atoms with Crippen LogP contribution in [0.5, 0.6) is 5.75 Å². The summed E-state index contributed by atoms with van der Waals surface area (Å²) in [6, 6.07) is 5.05. The second-order valence-electron chi connectivity index (χ2n) is 5.88. The van der Waals surface area contributed by atoms with E-state index in [0.717, 1.165) is 23.7 Å². The molecule has 2 N–H and O–H groups in total. The second-order valence-corrected chi connectivity index (χ2v) is 6.77. The van der Waals surface area contributed by atoms with Crippen molar-refractivity contribution in [2.24, 2.45) is 0 Å². The van der Waals surface area contributed by atoms with Gasteiger partial charge in [0.2, 0.25) is 0 Å². The molecule has 22 heavy (non-hydrogen) atoms. The third-order valence-electron chi connectivity index (χ3n) is 4.32. The molecule has 0 radical (unpaired) electrons. The lowest BCUT2D eigenvalue weighted by atomic mass is 9.92. The van der Waals surface area contributed by atoms with Crippen molar-refractivity contribution in [2.75, 3.05) is 18.0 Å². The van der Waals surface area contributed by atoms with Crippen LogP contribution in [0, 0.1) is 0 Å². The van der Waals surface area contributed by atoms with Crippen LogP contribution in [0.1, 0.15) is 6.42 Å². The van der Waals surface area contributed by atoms with Gasteiger partial charge in [0.05, 0.1) is 5.56 Å². The Morgan fingerprint density at radius 2 is 2.14 bits per heavy atom. The van der Waals surface area contributed by atoms with Gasteiger partial charge < -0.3 is 19.7 Å². The van der Waals surface area contributed by atoms with Crippen LogP contribution in [0.4, 0.5) is 6.01 Å². The maximum atomic E-state index is 9.95. The Balaban J connectivity index is 1.62. The Bertz CT molecular complexity index is 829. The number of hydrogen-bond donors (Lipinski definition) is 2. The highest BCUT2D eigenvalue weighted by molar-refractivity contribution is 7.13. The number of nitrogens with one attached hydrogen (secondary N) is 1. The van der Waals surface area contributed by atoms with Gasteiger partial charge in [-0.15, -0.1) is 11.3 Å². The first-order valence-electron chi connectivity index (χ1n) is 7.31. The Morgan fingerprint density at radius 3 is 2.86 bits per heavy atom. The zero-order valence-corrected chi connectivity index (χ0v) is 12.5. The lowest BCUT2D eigenvalue weighted by Gasteiger charge is -2.47. The zero-order chi connectivity index (χ0) is 14.7. The highest BCUT2D eigenvalue weighted by atomic mass is 32.1. The smallest absolute Gasteiger partial charge is 0.298 e. The predicted molar refractivity (Wildman–Crippen MR) is 84.3 cm³/mol. The number of piperidine rings is 1. The molecule has 0 aliphatic carbocycles. The van der Waals surface area contributed by atoms with Crippen molar-refractivity contribution in [3.05, 3.63) is 23.7 Å². The highest BCUT2D eigenvalue weighted by Crippen LogP contribution is 2.36. The average molecular weight is 314 g/mol. The van der Waals surface area contributed by atoms with E-state index in [-0.39, 0.29) is 5.75 Å². The summed E-state index contributed by atoms with van der Waals surface area (Å²) in [4.78, 5) is 11.1. The molecule has 3 aliphatic rings. The monoisotopic (exact) mass is 314 g/mol. The molecule has 3 aliphatic heterocycles. The summed E-state index contributed by atoms with van der Waals surface area (Å²) < 4.78 is 6.03. The minimum Gasteiger partial charge on any atom is -0.508 e. The number of benzene rings is 1. The molecule has 2 atom stereocenters. The van der Waals surface area contributed by atoms with Crippen molar-refractivity contribution in [3.63, 3.8) is 0 Å². The third kappa shape index (κ3) is 1.82. The quantitative estimate of drug-likeness (QED) is 0.755. The number of aromatic hydroxyl groups is 1. The van der Waals surface area contributed by atoms with Crippen molar-refractivity contribution in [1.82, 2.24) is 15.3 Å². The maximum Gasteiger partial charge on any atom is 0.298 e. The SMILES string of the molecule is Oc1cc(-c2nccs2)c2oc(N3CC4CC(C3)N4)nc2c1. The van der Waals surface area contributed by atoms with Crippen molar-refractivity contribution in [1.29, 1.82) is 0 Å². The summed E-state index contributed by atoms with van der Waals surface area (Å²) in [5.74, 6) is 0.181. The van der Waals surface area contributed by atoms with Crippen molar-refractivity contribution >= 4 is 28.5 Å². The topological polar surface area (TPSA) is 74.4 Å². The molecule has 3 saturated heterocycles. The molecule has 112 valence electrons. The fraction of sp³-hybridized carbons (Fsp3) is 0.333. The lowest BCUT2D eigenvalue weighted by molar-refractivity contribution is 0.220. The molecule has 2 unspecified atom stereocenters. The molecule has 3 fully saturated rings. The summed E-state index contributed by atoms with van der Waals surface area (Å²) in [5, 5.41) is 16.2. The molecular formula is C15H14N4O2S. The van der Waals surface area contributed by atoms with Gasteiger partial charge in [-0.1, -0.05) is 0 Å². The number of rotatable bonds is 2. The van der Waals surface area contributed by atoms with Crippen LogP contribution in [0.3, 0.4) is 0 Å². The third-order valence-corrected chi connectivity index (χ3v) is 5.13. The van der Waals surface area contributed by atoms with E-state index in [4.69, 9.17) is 4.42 Å². The largest absolute Gasteiger partial charge is 0.508 e. The van der Waals surface area contributed by atoms with Gasteiger partial charge in [-0.3, -0.25) is 0 Å². The summed E-state index contributed by atoms with van der Waals surface area (Å²) >= 11 is 1.52. The first kappa shape index (κ1) is 12.4. The van der Waals surface area contributed by atoms with E-state index in [2.05, 4.69) is 20.2 Å². The lowest BCUT2D eigenvalue weighted by Crippen LogP contribution is -2.67. The molecule has 6 nitrogen and oxygen atoms in total. The van der Waals surface area contributed by atoms with E-state index in [1.54, 1.807) is 18.3 Å². The van der Waals surface area contributed by atoms with Gasteiger partial charge in [-0.05, 0) is 12.5 Å². The van der Waals surface area contributed by atoms with Gasteiger partial charge in [-0.2, -0.15) is 4.98 Å². The number of nitrogens with zero attached hydrogens (tertiary/aromatic N) is 3. The van der Waals surface area contributed by atoms with Crippen molar-refractivity contribution in [2.45, 2.75) is 18.5 Å². The van der Waals surface area contributed by atoms with Crippen LogP contribution in [0.25, 0.3) is 21.7 Å². The number of phenols is 1. The van der Waals surface area contributed by atoms with E-state index < -0.39 is 0 Å². The molecule has 5 heterocycles. The predicted octanol–water partition coefficient (Wildman–Crippen LogP) is 2.21. The summed E-state index contributed by atoms with van der Waals surface area (Å²) in [6.07, 6.45) is 2.98. The molecule has 2 bridgehead atoms. The molecule has 0 spiro atoms. The number of hydrogen-bond acceptors (Lipinski definition) is 7. The van der Waals surface area contributed by atoms with E-state index in [1.807, 2.05) is 5.38 Å². The Kier molecular flexibility index (Phi) is 2.51. The highest BCUT2D eigenvalue weighted by Gasteiger charge is 2.38. The summed E-state index contributed by atoms with van der Waals surface area (Å²) in [5.41, 5.74) is 2.16. The van der Waals surface area contributed by atoms with Gasteiger partial charge in [0, 0.05) is 42.8 Å². The average Bonchev–Trinajstić information content (AvgIpc) is 3.15. The van der Waals surface area contributed by atoms with Crippen LogP contribution < -0.4 is 10.2 Å². The number of phenolic OH excluding ortho intramolecular Hbond substituents is 1. The minimum atomic E-state index is 0.181. The molecule has 0 amide bonds. The van der Waals surface area contributed by atoms with E-state index in [0.29, 0.717) is 29.2 Å². The van der Waals surface area contributed by atoms with Crippen LogP contribution in [0.2, 0.25) is 0 Å². The number of oxazole rings is 1. The number of piperazine rings is 1. The normalized spacial score (nSPS) is 23.7. The minimum absolute atomic E-state index is 0.181. The Hall–Kier alpha value is -2.12. The van der Waals surface area contributed by atoms with Gasteiger partial charge in [-0.25, -0.2) is 4.98 Å². The Labute approximate surface area is 130 Å². The van der Waals surface area contributed by atoms with Gasteiger partial charge in [0.25, 0.3) is 6.01 Å². The molecule has 2 aromatic heterocycles. The number of fused-ring (bicyclic) bond motifs is 3.